The van der Waals surface area contributed by atoms with Crippen LogP contribution in [-0.4, -0.2) is 41.8 Å². The van der Waals surface area contributed by atoms with Crippen LogP contribution in [0.2, 0.25) is 0 Å². The molecule has 2 amide bonds. The summed E-state index contributed by atoms with van der Waals surface area (Å²) in [7, 11) is 0. The van der Waals surface area contributed by atoms with Crippen LogP contribution in [0.25, 0.3) is 22.7 Å². The van der Waals surface area contributed by atoms with E-state index < -0.39 is 0 Å². The lowest BCUT2D eigenvalue weighted by molar-refractivity contribution is 0.251. The molecule has 6 aromatic rings. The number of amides is 2. The van der Waals surface area contributed by atoms with Gasteiger partial charge in [0.05, 0.1) is 11.4 Å². The van der Waals surface area contributed by atoms with Crippen molar-refractivity contribution in [2.24, 2.45) is 0 Å². The van der Waals surface area contributed by atoms with Gasteiger partial charge in [0.1, 0.15) is 11.6 Å². The third-order valence-corrected chi connectivity index (χ3v) is 9.86. The molecule has 0 saturated carbocycles. The smallest absolute Gasteiger partial charge is 0.320 e. The van der Waals surface area contributed by atoms with E-state index in [2.05, 4.69) is 72.3 Å². The number of pyridine rings is 1. The Labute approximate surface area is 276 Å². The minimum atomic E-state index is -0.357. The van der Waals surface area contributed by atoms with Crippen molar-refractivity contribution in [3.05, 3.63) is 108 Å². The third-order valence-electron chi connectivity index (χ3n) is 7.97. The number of aromatic hydroxyl groups is 1. The van der Waals surface area contributed by atoms with Crippen LogP contribution < -0.4 is 10.6 Å². The minimum Gasteiger partial charge on any atom is -0.508 e. The number of hydrogen-bond acceptors (Lipinski definition) is 7. The molecule has 46 heavy (non-hydrogen) atoms. The highest BCUT2D eigenvalue weighted by Crippen LogP contribution is 2.34. The molecule has 3 heterocycles. The maximum absolute atomic E-state index is 13.2. The van der Waals surface area contributed by atoms with Crippen molar-refractivity contribution in [3.8, 4) is 22.8 Å². The molecule has 9 nitrogen and oxygen atoms in total. The molecule has 3 aromatic heterocycles. The van der Waals surface area contributed by atoms with Crippen molar-refractivity contribution >= 4 is 41.0 Å². The second-order valence-electron chi connectivity index (χ2n) is 11.4. The van der Waals surface area contributed by atoms with Crippen LogP contribution in [0.1, 0.15) is 38.4 Å². The van der Waals surface area contributed by atoms with Crippen molar-refractivity contribution in [1.82, 2.24) is 29.7 Å². The molecule has 0 bridgehead atoms. The first-order chi connectivity index (χ1) is 22.3. The average molecular weight is 650 g/mol. The summed E-state index contributed by atoms with van der Waals surface area (Å²) >= 11 is 3.30. The van der Waals surface area contributed by atoms with E-state index in [1.54, 1.807) is 46.4 Å². The van der Waals surface area contributed by atoms with Crippen LogP contribution in [0, 0.1) is 0 Å². The van der Waals surface area contributed by atoms with Gasteiger partial charge in [-0.3, -0.25) is 9.72 Å². The second-order valence-corrected chi connectivity index (χ2v) is 13.4. The number of hydrogen-bond donors (Lipinski definition) is 3. The molecule has 0 atom stereocenters. The SMILES string of the molecule is CCC(C)(C)c1cc(NC(=O)NCc2ccccc2Sc2ccc3nnc(-c4ccccc4SC)n3c2)n(-c2cccc(O)c2)n1. The van der Waals surface area contributed by atoms with Crippen molar-refractivity contribution < 1.29 is 9.90 Å². The summed E-state index contributed by atoms with van der Waals surface area (Å²) in [5.41, 5.74) is 4.10. The van der Waals surface area contributed by atoms with Crippen molar-refractivity contribution in [2.75, 3.05) is 11.6 Å². The number of anilines is 1. The lowest BCUT2D eigenvalue weighted by Crippen LogP contribution is -2.29. The zero-order valence-corrected chi connectivity index (χ0v) is 27.7. The lowest BCUT2D eigenvalue weighted by Gasteiger charge is -2.19. The van der Waals surface area contributed by atoms with E-state index >= 15 is 0 Å². The van der Waals surface area contributed by atoms with E-state index in [4.69, 9.17) is 5.10 Å². The van der Waals surface area contributed by atoms with Crippen LogP contribution in [0.4, 0.5) is 10.6 Å². The van der Waals surface area contributed by atoms with Gasteiger partial charge in [-0.1, -0.05) is 75.0 Å². The monoisotopic (exact) mass is 649 g/mol. The quantitative estimate of drug-likeness (QED) is 0.128. The maximum atomic E-state index is 13.2. The predicted molar refractivity (Wildman–Crippen MR) is 185 cm³/mol. The molecule has 3 aromatic carbocycles. The highest BCUT2D eigenvalue weighted by atomic mass is 32.2. The molecule has 0 radical (unpaired) electrons. The normalized spacial score (nSPS) is 11.6. The number of carbonyl (C=O) groups is 1. The van der Waals surface area contributed by atoms with Gasteiger partial charge >= 0.3 is 6.03 Å². The standard InChI is InChI=1S/C35H35N7O2S2/c1-5-35(2,3)30-20-32(42(40-30)24-12-10-13-25(43)19-24)37-34(44)36-21-23-11-6-8-15-28(23)46-26-17-18-31-38-39-33(41(31)22-26)27-14-7-9-16-29(27)45-4/h6-20,22,43H,5,21H2,1-4H3,(H2,36,37,44). The molecule has 0 fully saturated rings. The Bertz CT molecular complexity index is 2020. The molecule has 0 unspecified atom stereocenters. The summed E-state index contributed by atoms with van der Waals surface area (Å²) in [5, 5.41) is 29.7. The Balaban J connectivity index is 1.20. The van der Waals surface area contributed by atoms with E-state index in [9.17, 15) is 9.90 Å². The Morgan fingerprint density at radius 3 is 2.50 bits per heavy atom. The molecule has 234 valence electrons. The van der Waals surface area contributed by atoms with E-state index in [0.717, 1.165) is 49.4 Å². The third kappa shape index (κ3) is 6.61. The zero-order chi connectivity index (χ0) is 32.3. The molecule has 0 spiro atoms. The van der Waals surface area contributed by atoms with Crippen LogP contribution in [0.3, 0.4) is 0 Å². The lowest BCUT2D eigenvalue weighted by atomic mass is 9.87. The number of carbonyl (C=O) groups excluding carboxylic acids is 1. The first-order valence-electron chi connectivity index (χ1n) is 14.9. The summed E-state index contributed by atoms with van der Waals surface area (Å²) < 4.78 is 3.68. The van der Waals surface area contributed by atoms with Crippen LogP contribution >= 0.6 is 23.5 Å². The number of phenols is 1. The van der Waals surface area contributed by atoms with Gasteiger partial charge in [-0.25, -0.2) is 9.48 Å². The highest BCUT2D eigenvalue weighted by molar-refractivity contribution is 7.99. The van der Waals surface area contributed by atoms with Gasteiger partial charge in [-0.15, -0.1) is 22.0 Å². The minimum absolute atomic E-state index is 0.123. The number of aromatic nitrogens is 5. The maximum Gasteiger partial charge on any atom is 0.320 e. The van der Waals surface area contributed by atoms with E-state index in [0.29, 0.717) is 18.1 Å². The summed E-state index contributed by atoms with van der Waals surface area (Å²) in [6.07, 6.45) is 4.99. The van der Waals surface area contributed by atoms with Crippen LogP contribution in [-0.2, 0) is 12.0 Å². The Kier molecular flexibility index (Phi) is 9.05. The van der Waals surface area contributed by atoms with E-state index in [-0.39, 0.29) is 17.2 Å². The fourth-order valence-electron chi connectivity index (χ4n) is 4.96. The molecule has 6 rings (SSSR count). The molecule has 11 heteroatoms. The number of benzene rings is 3. The highest BCUT2D eigenvalue weighted by Gasteiger charge is 2.24. The van der Waals surface area contributed by atoms with Gasteiger partial charge in [0.25, 0.3) is 0 Å². The van der Waals surface area contributed by atoms with Gasteiger partial charge in [0.15, 0.2) is 11.5 Å². The van der Waals surface area contributed by atoms with Gasteiger partial charge in [-0.2, -0.15) is 5.10 Å². The summed E-state index contributed by atoms with van der Waals surface area (Å²) in [5.74, 6) is 1.44. The zero-order valence-electron chi connectivity index (χ0n) is 26.1. The number of fused-ring (bicyclic) bond motifs is 1. The van der Waals surface area contributed by atoms with E-state index in [1.807, 2.05) is 59.0 Å². The topological polar surface area (TPSA) is 109 Å². The van der Waals surface area contributed by atoms with Gasteiger partial charge in [0.2, 0.25) is 0 Å². The average Bonchev–Trinajstić information content (AvgIpc) is 3.69. The Hall–Kier alpha value is -4.74. The first kappa shape index (κ1) is 31.3. The largest absolute Gasteiger partial charge is 0.508 e. The molecule has 0 aliphatic carbocycles. The molecule has 3 N–H and O–H groups in total. The molecule has 0 aliphatic rings. The fourth-order valence-corrected chi connectivity index (χ4v) is 6.52. The first-order valence-corrected chi connectivity index (χ1v) is 17.0. The van der Waals surface area contributed by atoms with E-state index in [1.165, 1.54) is 0 Å². The van der Waals surface area contributed by atoms with Gasteiger partial charge in [-0.05, 0) is 54.6 Å². The number of phenolic OH excluding ortho intramolecular Hbond substituents is 1. The van der Waals surface area contributed by atoms with Crippen LogP contribution in [0.15, 0.2) is 112 Å². The van der Waals surface area contributed by atoms with Gasteiger partial charge < -0.3 is 10.4 Å². The summed E-state index contributed by atoms with van der Waals surface area (Å²) in [6, 6.07) is 28.6. The fraction of sp³-hybridized carbons (Fsp3) is 0.200. The number of rotatable bonds is 10. The van der Waals surface area contributed by atoms with Crippen molar-refractivity contribution in [1.29, 1.82) is 0 Å². The van der Waals surface area contributed by atoms with Crippen molar-refractivity contribution in [3.63, 3.8) is 0 Å². The van der Waals surface area contributed by atoms with Gasteiger partial charge in [0, 0.05) is 50.5 Å². The Morgan fingerprint density at radius 2 is 1.72 bits per heavy atom. The predicted octanol–water partition coefficient (Wildman–Crippen LogP) is 8.17. The van der Waals surface area contributed by atoms with Crippen LogP contribution in [0.5, 0.6) is 5.75 Å². The number of thioether (sulfide) groups is 1. The Morgan fingerprint density at radius 1 is 0.935 bits per heavy atom. The molecular weight excluding hydrogens is 615 g/mol. The molecule has 0 saturated heterocycles. The summed E-state index contributed by atoms with van der Waals surface area (Å²) in [6.45, 7) is 6.66. The number of nitrogens with one attached hydrogen (secondary N) is 2. The molecular formula is C35H35N7O2S2. The number of urea groups is 1. The van der Waals surface area contributed by atoms with Crippen molar-refractivity contribution in [2.45, 2.75) is 53.8 Å². The number of nitrogens with zero attached hydrogens (tertiary/aromatic N) is 5. The summed E-state index contributed by atoms with van der Waals surface area (Å²) in [4.78, 5) is 16.4. The second kappa shape index (κ2) is 13.3. The molecule has 0 aliphatic heterocycles.